The summed E-state index contributed by atoms with van der Waals surface area (Å²) in [5.41, 5.74) is 0.271. The molecule has 3 atom stereocenters. The van der Waals surface area contributed by atoms with Crippen LogP contribution >= 0.6 is 0 Å². The van der Waals surface area contributed by atoms with Crippen molar-refractivity contribution in [3.05, 3.63) is 30.1 Å². The predicted molar refractivity (Wildman–Crippen MR) is 97.3 cm³/mol. The number of para-hydroxylation sites is 1. The minimum absolute atomic E-state index is 0.00498. The van der Waals surface area contributed by atoms with E-state index in [2.05, 4.69) is 6.92 Å². The molecule has 5 nitrogen and oxygen atoms in total. The maximum Gasteiger partial charge on any atom is 0.249 e. The molecule has 2 amide bonds. The van der Waals surface area contributed by atoms with Gasteiger partial charge in [-0.05, 0) is 37.3 Å². The third-order valence-electron chi connectivity index (χ3n) is 5.64. The molecule has 0 N–H and O–H groups in total. The number of hydrogen-bond donors (Lipinski definition) is 0. The zero-order chi connectivity index (χ0) is 18.7. The molecule has 1 aromatic rings. The van der Waals surface area contributed by atoms with Crippen molar-refractivity contribution in [2.24, 2.45) is 5.92 Å². The second-order valence-electron chi connectivity index (χ2n) is 7.36. The molecule has 1 saturated carbocycles. The normalized spacial score (nSPS) is 26.2. The molecule has 0 unspecified atom stereocenters. The Kier molecular flexibility index (Phi) is 5.91. The topological polar surface area (TPSA) is 49.9 Å². The first kappa shape index (κ1) is 18.8. The van der Waals surface area contributed by atoms with Crippen molar-refractivity contribution in [2.45, 2.75) is 51.2 Å². The van der Waals surface area contributed by atoms with Gasteiger partial charge in [0.25, 0.3) is 0 Å². The van der Waals surface area contributed by atoms with E-state index in [0.717, 1.165) is 19.3 Å². The second-order valence-corrected chi connectivity index (χ2v) is 7.36. The van der Waals surface area contributed by atoms with Crippen LogP contribution in [0.4, 0.5) is 10.1 Å². The fourth-order valence-electron chi connectivity index (χ4n) is 3.92. The fraction of sp³-hybridized carbons (Fsp3) is 0.600. The van der Waals surface area contributed by atoms with Crippen molar-refractivity contribution in [1.29, 1.82) is 0 Å². The lowest BCUT2D eigenvalue weighted by molar-refractivity contribution is -0.143. The zero-order valence-electron chi connectivity index (χ0n) is 15.5. The molecule has 2 fully saturated rings. The molecular formula is C20H27FN2O3. The van der Waals surface area contributed by atoms with Crippen molar-refractivity contribution in [1.82, 2.24) is 4.90 Å². The fourth-order valence-corrected chi connectivity index (χ4v) is 3.92. The maximum absolute atomic E-state index is 14.0. The highest BCUT2D eigenvalue weighted by Crippen LogP contribution is 2.28. The van der Waals surface area contributed by atoms with E-state index in [0.29, 0.717) is 18.9 Å². The van der Waals surface area contributed by atoms with Gasteiger partial charge in [0.2, 0.25) is 11.8 Å². The lowest BCUT2D eigenvalue weighted by atomic mass is 9.88. The smallest absolute Gasteiger partial charge is 0.249 e. The van der Waals surface area contributed by atoms with Gasteiger partial charge >= 0.3 is 0 Å². The van der Waals surface area contributed by atoms with Gasteiger partial charge in [0.15, 0.2) is 0 Å². The van der Waals surface area contributed by atoms with E-state index in [-0.39, 0.29) is 30.2 Å². The van der Waals surface area contributed by atoms with Crippen molar-refractivity contribution in [3.8, 4) is 0 Å². The lowest BCUT2D eigenvalue weighted by Crippen LogP contribution is -2.45. The third-order valence-corrected chi connectivity index (χ3v) is 5.64. The summed E-state index contributed by atoms with van der Waals surface area (Å²) in [5, 5.41) is 0. The molecule has 0 aromatic heterocycles. The van der Waals surface area contributed by atoms with Crippen molar-refractivity contribution < 1.29 is 18.7 Å². The number of halogens is 1. The largest absolute Gasteiger partial charge is 0.368 e. The van der Waals surface area contributed by atoms with E-state index in [4.69, 9.17) is 4.74 Å². The molecule has 142 valence electrons. The Labute approximate surface area is 154 Å². The summed E-state index contributed by atoms with van der Waals surface area (Å²) < 4.78 is 19.8. The van der Waals surface area contributed by atoms with E-state index in [1.54, 1.807) is 25.2 Å². The number of likely N-dealkylation sites (N-methyl/N-ethyl adjacent to an activating group) is 1. The SMILES string of the molecule is C[C@@H]1CCCC[C@H]1OCC(=O)N(C)[C@@H]1CCN(c2ccccc2F)C1=O. The van der Waals surface area contributed by atoms with Gasteiger partial charge in [-0.15, -0.1) is 0 Å². The first-order chi connectivity index (χ1) is 12.5. The number of ether oxygens (including phenoxy) is 1. The molecular weight excluding hydrogens is 335 g/mol. The Bertz CT molecular complexity index is 666. The van der Waals surface area contributed by atoms with Crippen LogP contribution in [0.3, 0.4) is 0 Å². The summed E-state index contributed by atoms with van der Waals surface area (Å²) in [6.07, 6.45) is 5.09. The Hall–Kier alpha value is -1.95. The van der Waals surface area contributed by atoms with Crippen LogP contribution in [0, 0.1) is 11.7 Å². The number of rotatable bonds is 5. The molecule has 0 radical (unpaired) electrons. The van der Waals surface area contributed by atoms with Gasteiger partial charge in [-0.25, -0.2) is 4.39 Å². The highest BCUT2D eigenvalue weighted by atomic mass is 19.1. The standard InChI is InChI=1S/C20H27FN2O3/c1-14-7-3-6-10-18(14)26-13-19(24)22(2)17-11-12-23(20(17)25)16-9-5-4-8-15(16)21/h4-5,8-9,14,17-18H,3,6-7,10-13H2,1-2H3/t14-,17-,18-/m1/s1. The van der Waals surface area contributed by atoms with Gasteiger partial charge in [-0.1, -0.05) is 31.9 Å². The highest BCUT2D eigenvalue weighted by Gasteiger charge is 2.38. The van der Waals surface area contributed by atoms with E-state index in [1.807, 2.05) is 0 Å². The number of carbonyl (C=O) groups excluding carboxylic acids is 2. The van der Waals surface area contributed by atoms with Crippen LogP contribution in [-0.2, 0) is 14.3 Å². The first-order valence-electron chi connectivity index (χ1n) is 9.42. The number of benzene rings is 1. The van der Waals surface area contributed by atoms with Crippen molar-refractivity contribution in [2.75, 3.05) is 25.1 Å². The molecule has 1 aliphatic carbocycles. The van der Waals surface area contributed by atoms with Gasteiger partial charge in [0.1, 0.15) is 18.5 Å². The molecule has 0 spiro atoms. The van der Waals surface area contributed by atoms with Crippen LogP contribution in [-0.4, -0.2) is 49.1 Å². The van der Waals surface area contributed by atoms with Crippen molar-refractivity contribution >= 4 is 17.5 Å². The summed E-state index contributed by atoms with van der Waals surface area (Å²) in [6.45, 7) is 2.56. The Morgan fingerprint density at radius 3 is 2.73 bits per heavy atom. The van der Waals surface area contributed by atoms with Crippen molar-refractivity contribution in [3.63, 3.8) is 0 Å². The van der Waals surface area contributed by atoms with Crippen LogP contribution in [0.5, 0.6) is 0 Å². The number of amides is 2. The van der Waals surface area contributed by atoms with Gasteiger partial charge < -0.3 is 14.5 Å². The summed E-state index contributed by atoms with van der Waals surface area (Å²) in [4.78, 5) is 28.1. The number of nitrogens with zero attached hydrogens (tertiary/aromatic N) is 2. The minimum Gasteiger partial charge on any atom is -0.368 e. The minimum atomic E-state index is -0.561. The highest BCUT2D eigenvalue weighted by molar-refractivity contribution is 6.01. The summed E-state index contributed by atoms with van der Waals surface area (Å²) in [7, 11) is 1.63. The maximum atomic E-state index is 14.0. The van der Waals surface area contributed by atoms with E-state index in [9.17, 15) is 14.0 Å². The summed E-state index contributed by atoms with van der Waals surface area (Å²) >= 11 is 0. The van der Waals surface area contributed by atoms with Gasteiger partial charge in [0.05, 0.1) is 11.8 Å². The molecule has 1 aromatic carbocycles. The average Bonchev–Trinajstić information content (AvgIpc) is 3.02. The zero-order valence-corrected chi connectivity index (χ0v) is 15.5. The molecule has 1 heterocycles. The van der Waals surface area contributed by atoms with Gasteiger partial charge in [-0.2, -0.15) is 0 Å². The number of hydrogen-bond acceptors (Lipinski definition) is 3. The molecule has 3 rings (SSSR count). The molecule has 0 bridgehead atoms. The van der Waals surface area contributed by atoms with Crippen LogP contribution in [0.15, 0.2) is 24.3 Å². The molecule has 1 saturated heterocycles. The van der Waals surface area contributed by atoms with Crippen LogP contribution in [0.25, 0.3) is 0 Å². The van der Waals surface area contributed by atoms with Crippen LogP contribution in [0.1, 0.15) is 39.0 Å². The predicted octanol–water partition coefficient (Wildman–Crippen LogP) is 2.98. The van der Waals surface area contributed by atoms with Gasteiger partial charge in [-0.3, -0.25) is 9.59 Å². The number of anilines is 1. The molecule has 2 aliphatic rings. The average molecular weight is 362 g/mol. The molecule has 6 heteroatoms. The van der Waals surface area contributed by atoms with E-state index in [1.165, 1.54) is 22.3 Å². The van der Waals surface area contributed by atoms with Gasteiger partial charge in [0, 0.05) is 13.6 Å². The monoisotopic (exact) mass is 362 g/mol. The van der Waals surface area contributed by atoms with E-state index < -0.39 is 11.9 Å². The molecule has 26 heavy (non-hydrogen) atoms. The summed E-state index contributed by atoms with van der Waals surface area (Å²) in [6, 6.07) is 5.66. The molecule has 1 aliphatic heterocycles. The third kappa shape index (κ3) is 3.90. The van der Waals surface area contributed by atoms with E-state index >= 15 is 0 Å². The Balaban J connectivity index is 1.57. The van der Waals surface area contributed by atoms with Crippen LogP contribution in [0.2, 0.25) is 0 Å². The Morgan fingerprint density at radius 2 is 2.00 bits per heavy atom. The Morgan fingerprint density at radius 1 is 1.27 bits per heavy atom. The summed E-state index contributed by atoms with van der Waals surface area (Å²) in [5.74, 6) is -0.398. The quantitative estimate of drug-likeness (QED) is 0.809. The number of carbonyl (C=O) groups is 2. The lowest BCUT2D eigenvalue weighted by Gasteiger charge is -2.30. The van der Waals surface area contributed by atoms with Crippen LogP contribution < -0.4 is 4.90 Å². The second kappa shape index (κ2) is 8.16. The first-order valence-corrected chi connectivity index (χ1v) is 9.42.